The number of thiazole rings is 1. The van der Waals surface area contributed by atoms with Crippen LogP contribution < -0.4 is 10.0 Å². The zero-order valence-corrected chi connectivity index (χ0v) is 12.0. The molecule has 0 aliphatic heterocycles. The Balaban J connectivity index is 2.19. The monoisotopic (exact) mass is 298 g/mol. The first-order valence-corrected chi connectivity index (χ1v) is 8.11. The number of nitrogens with one attached hydrogen (secondary N) is 2. The Bertz CT molecular complexity index is 626. The van der Waals surface area contributed by atoms with Gasteiger partial charge in [0.05, 0.1) is 17.7 Å². The lowest BCUT2D eigenvalue weighted by molar-refractivity contribution is 0.580. The molecule has 0 spiro atoms. The highest BCUT2D eigenvalue weighted by molar-refractivity contribution is 7.89. The Kier molecular flexibility index (Phi) is 4.46. The van der Waals surface area contributed by atoms with E-state index >= 15 is 0 Å². The first-order chi connectivity index (χ1) is 9.13. The van der Waals surface area contributed by atoms with E-state index in [1.165, 1.54) is 17.4 Å². The molecule has 0 unspecified atom stereocenters. The van der Waals surface area contributed by atoms with E-state index in [0.29, 0.717) is 18.1 Å². The largest absolute Gasteiger partial charge is 0.369 e. The van der Waals surface area contributed by atoms with Gasteiger partial charge >= 0.3 is 0 Å². The van der Waals surface area contributed by atoms with Gasteiger partial charge in [0.15, 0.2) is 0 Å². The third-order valence-corrected chi connectivity index (χ3v) is 4.40. The number of hydrogen-bond donors (Lipinski definition) is 2. The van der Waals surface area contributed by atoms with E-state index in [9.17, 15) is 8.42 Å². The van der Waals surface area contributed by atoms with Gasteiger partial charge in [-0.15, -0.1) is 11.3 Å². The number of aromatic nitrogens is 2. The molecule has 2 heterocycles. The summed E-state index contributed by atoms with van der Waals surface area (Å²) in [6.45, 7) is 2.66. The van der Waals surface area contributed by atoms with Crippen LogP contribution in [-0.4, -0.2) is 24.9 Å². The molecule has 0 amide bonds. The van der Waals surface area contributed by atoms with Crippen molar-refractivity contribution < 1.29 is 8.42 Å². The van der Waals surface area contributed by atoms with Crippen molar-refractivity contribution in [3.05, 3.63) is 34.9 Å². The van der Waals surface area contributed by atoms with Crippen molar-refractivity contribution in [2.24, 2.45) is 0 Å². The van der Waals surface area contributed by atoms with Crippen LogP contribution in [0, 0.1) is 0 Å². The van der Waals surface area contributed by atoms with Crippen LogP contribution in [0.5, 0.6) is 0 Å². The summed E-state index contributed by atoms with van der Waals surface area (Å²) in [5, 5.41) is 4.73. The van der Waals surface area contributed by atoms with Gasteiger partial charge in [-0.25, -0.2) is 23.1 Å². The standard InChI is InChI=1S/C11H14N4O2S2/c1-2-12-11-10(4-3-5-13-11)19(16,17)15-6-9-7-18-8-14-9/h3-5,7-8,15H,2,6H2,1H3,(H,12,13). The molecule has 102 valence electrons. The van der Waals surface area contributed by atoms with E-state index in [-0.39, 0.29) is 11.4 Å². The highest BCUT2D eigenvalue weighted by atomic mass is 32.2. The van der Waals surface area contributed by atoms with Gasteiger partial charge in [-0.1, -0.05) is 0 Å². The number of sulfonamides is 1. The molecule has 2 rings (SSSR count). The number of anilines is 1. The van der Waals surface area contributed by atoms with Crippen LogP contribution in [-0.2, 0) is 16.6 Å². The lowest BCUT2D eigenvalue weighted by Gasteiger charge is -2.10. The fourth-order valence-electron chi connectivity index (χ4n) is 1.48. The van der Waals surface area contributed by atoms with Crippen molar-refractivity contribution >= 4 is 27.2 Å². The Morgan fingerprint density at radius 3 is 2.89 bits per heavy atom. The summed E-state index contributed by atoms with van der Waals surface area (Å²) in [4.78, 5) is 8.21. The van der Waals surface area contributed by atoms with Gasteiger partial charge in [-0.2, -0.15) is 0 Å². The van der Waals surface area contributed by atoms with Crippen LogP contribution in [0.15, 0.2) is 34.1 Å². The minimum atomic E-state index is -3.60. The molecule has 0 saturated carbocycles. The zero-order chi connectivity index (χ0) is 13.7. The molecule has 0 atom stereocenters. The van der Waals surface area contributed by atoms with Crippen molar-refractivity contribution in [2.75, 3.05) is 11.9 Å². The van der Waals surface area contributed by atoms with Crippen molar-refractivity contribution in [3.8, 4) is 0 Å². The smallest absolute Gasteiger partial charge is 0.244 e. The predicted octanol–water partition coefficient (Wildman–Crippen LogP) is 1.45. The summed E-state index contributed by atoms with van der Waals surface area (Å²) in [6.07, 6.45) is 1.55. The molecule has 0 radical (unpaired) electrons. The Labute approximate surface area is 116 Å². The molecule has 2 N–H and O–H groups in total. The quantitative estimate of drug-likeness (QED) is 0.843. The number of nitrogens with zero attached hydrogens (tertiary/aromatic N) is 2. The van der Waals surface area contributed by atoms with Crippen LogP contribution in [0.25, 0.3) is 0 Å². The third-order valence-electron chi connectivity index (χ3n) is 2.33. The number of rotatable bonds is 6. The van der Waals surface area contributed by atoms with Crippen LogP contribution in [0.2, 0.25) is 0 Å². The van der Waals surface area contributed by atoms with Gasteiger partial charge in [0.25, 0.3) is 0 Å². The van der Waals surface area contributed by atoms with Gasteiger partial charge in [0, 0.05) is 18.1 Å². The van der Waals surface area contributed by atoms with Gasteiger partial charge in [0.1, 0.15) is 10.7 Å². The van der Waals surface area contributed by atoms with Crippen molar-refractivity contribution in [1.29, 1.82) is 0 Å². The summed E-state index contributed by atoms with van der Waals surface area (Å²) in [5.74, 6) is 0.357. The van der Waals surface area contributed by atoms with E-state index in [0.717, 1.165) is 0 Å². The normalized spacial score (nSPS) is 11.4. The minimum Gasteiger partial charge on any atom is -0.369 e. The fraction of sp³-hybridized carbons (Fsp3) is 0.273. The highest BCUT2D eigenvalue weighted by Gasteiger charge is 2.18. The van der Waals surface area contributed by atoms with Crippen molar-refractivity contribution in [2.45, 2.75) is 18.4 Å². The average Bonchev–Trinajstić information content (AvgIpc) is 2.91. The summed E-state index contributed by atoms with van der Waals surface area (Å²) in [7, 11) is -3.60. The lowest BCUT2D eigenvalue weighted by atomic mass is 10.4. The minimum absolute atomic E-state index is 0.145. The van der Waals surface area contributed by atoms with Crippen LogP contribution in [0.3, 0.4) is 0 Å². The van der Waals surface area contributed by atoms with Gasteiger partial charge < -0.3 is 5.32 Å². The van der Waals surface area contributed by atoms with E-state index < -0.39 is 10.0 Å². The van der Waals surface area contributed by atoms with Crippen LogP contribution in [0.1, 0.15) is 12.6 Å². The van der Waals surface area contributed by atoms with Crippen molar-refractivity contribution in [3.63, 3.8) is 0 Å². The molecule has 2 aromatic heterocycles. The highest BCUT2D eigenvalue weighted by Crippen LogP contribution is 2.17. The van der Waals surface area contributed by atoms with E-state index in [4.69, 9.17) is 0 Å². The lowest BCUT2D eigenvalue weighted by Crippen LogP contribution is -2.24. The van der Waals surface area contributed by atoms with Crippen molar-refractivity contribution in [1.82, 2.24) is 14.7 Å². The molecule has 0 bridgehead atoms. The first-order valence-electron chi connectivity index (χ1n) is 5.69. The van der Waals surface area contributed by atoms with Crippen LogP contribution in [0.4, 0.5) is 5.82 Å². The maximum Gasteiger partial charge on any atom is 0.244 e. The Morgan fingerprint density at radius 2 is 2.21 bits per heavy atom. The summed E-state index contributed by atoms with van der Waals surface area (Å²) >= 11 is 1.43. The summed E-state index contributed by atoms with van der Waals surface area (Å²) in [5.41, 5.74) is 2.36. The second-order valence-electron chi connectivity index (χ2n) is 3.68. The van der Waals surface area contributed by atoms with E-state index in [2.05, 4.69) is 20.0 Å². The SMILES string of the molecule is CCNc1ncccc1S(=O)(=O)NCc1cscn1. The average molecular weight is 298 g/mol. The summed E-state index contributed by atoms with van der Waals surface area (Å²) < 4.78 is 26.9. The second kappa shape index (κ2) is 6.09. The summed E-state index contributed by atoms with van der Waals surface area (Å²) in [6, 6.07) is 3.12. The molecule has 0 saturated heterocycles. The molecular formula is C11H14N4O2S2. The molecule has 19 heavy (non-hydrogen) atoms. The molecule has 8 heteroatoms. The molecule has 0 aliphatic carbocycles. The molecule has 0 aliphatic rings. The zero-order valence-electron chi connectivity index (χ0n) is 10.3. The fourth-order valence-corrected chi connectivity index (χ4v) is 3.17. The molecule has 0 aromatic carbocycles. The van der Waals surface area contributed by atoms with Gasteiger partial charge in [-0.3, -0.25) is 0 Å². The van der Waals surface area contributed by atoms with Gasteiger partial charge in [-0.05, 0) is 19.1 Å². The van der Waals surface area contributed by atoms with E-state index in [1.54, 1.807) is 23.2 Å². The maximum atomic E-state index is 12.2. The Morgan fingerprint density at radius 1 is 1.37 bits per heavy atom. The van der Waals surface area contributed by atoms with Gasteiger partial charge in [0.2, 0.25) is 10.0 Å². The molecule has 6 nitrogen and oxygen atoms in total. The number of pyridine rings is 1. The first kappa shape index (κ1) is 13.9. The van der Waals surface area contributed by atoms with E-state index in [1.807, 2.05) is 6.92 Å². The molecular weight excluding hydrogens is 284 g/mol. The third kappa shape index (κ3) is 3.49. The predicted molar refractivity (Wildman–Crippen MR) is 74.5 cm³/mol. The van der Waals surface area contributed by atoms with Crippen LogP contribution >= 0.6 is 11.3 Å². The number of hydrogen-bond acceptors (Lipinski definition) is 6. The molecule has 2 aromatic rings. The maximum absolute atomic E-state index is 12.2. The topological polar surface area (TPSA) is 84.0 Å². The second-order valence-corrected chi connectivity index (χ2v) is 6.14. The Hall–Kier alpha value is -1.51. The molecule has 0 fully saturated rings.